The summed E-state index contributed by atoms with van der Waals surface area (Å²) in [5.41, 5.74) is 0.712. The highest BCUT2D eigenvalue weighted by atomic mass is 35.5. The zero-order valence-electron chi connectivity index (χ0n) is 12.0. The highest BCUT2D eigenvalue weighted by Crippen LogP contribution is 2.22. The summed E-state index contributed by atoms with van der Waals surface area (Å²) < 4.78 is 1.81. The Hall–Kier alpha value is -1.07. The molecule has 0 fully saturated rings. The number of nitrogens with one attached hydrogen (secondary N) is 1. The monoisotopic (exact) mass is 287 g/mol. The van der Waals surface area contributed by atoms with E-state index >= 15 is 0 Å². The zero-order valence-corrected chi connectivity index (χ0v) is 12.7. The summed E-state index contributed by atoms with van der Waals surface area (Å²) in [6.07, 6.45) is 1.05. The van der Waals surface area contributed by atoms with Gasteiger partial charge in [-0.15, -0.1) is 0 Å². The molecule has 0 aromatic carbocycles. The Labute approximate surface area is 118 Å². The third kappa shape index (κ3) is 3.09. The Morgan fingerprint density at radius 1 is 1.42 bits per heavy atom. The molecule has 108 valence electrons. The first-order chi connectivity index (χ1) is 8.91. The number of rotatable bonds is 7. The minimum atomic E-state index is -0.903. The Morgan fingerprint density at radius 3 is 2.42 bits per heavy atom. The van der Waals surface area contributed by atoms with Gasteiger partial charge in [0, 0.05) is 13.1 Å². The van der Waals surface area contributed by atoms with E-state index in [4.69, 9.17) is 11.6 Å². The molecule has 0 atom stereocenters. The molecule has 0 spiro atoms. The van der Waals surface area contributed by atoms with E-state index in [1.54, 1.807) is 0 Å². The number of carboxylic acids is 1. The number of aliphatic carboxylic acids is 1. The van der Waals surface area contributed by atoms with Gasteiger partial charge >= 0.3 is 5.97 Å². The average Bonchev–Trinajstić information content (AvgIpc) is 2.67. The first-order valence-corrected chi connectivity index (χ1v) is 6.99. The fourth-order valence-corrected chi connectivity index (χ4v) is 2.37. The third-order valence-electron chi connectivity index (χ3n) is 3.66. The van der Waals surface area contributed by atoms with Crippen LogP contribution in [0.5, 0.6) is 0 Å². The van der Waals surface area contributed by atoms with Crippen LogP contribution in [-0.2, 0) is 17.9 Å². The van der Waals surface area contributed by atoms with E-state index in [1.165, 1.54) is 0 Å². The van der Waals surface area contributed by atoms with E-state index in [2.05, 4.69) is 10.4 Å². The van der Waals surface area contributed by atoms with Crippen molar-refractivity contribution in [2.75, 3.05) is 0 Å². The largest absolute Gasteiger partial charge is 0.480 e. The van der Waals surface area contributed by atoms with Crippen molar-refractivity contribution < 1.29 is 9.90 Å². The summed E-state index contributed by atoms with van der Waals surface area (Å²) in [7, 11) is 0. The fourth-order valence-electron chi connectivity index (χ4n) is 2.17. The Kier molecular flexibility index (Phi) is 5.38. The highest BCUT2D eigenvalue weighted by molar-refractivity contribution is 6.31. The number of aryl methyl sites for hydroxylation is 2. The van der Waals surface area contributed by atoms with Gasteiger partial charge in [-0.1, -0.05) is 25.4 Å². The second-order valence-corrected chi connectivity index (χ2v) is 4.99. The first kappa shape index (κ1) is 16.0. The van der Waals surface area contributed by atoms with Crippen LogP contribution >= 0.6 is 11.6 Å². The Bertz CT molecular complexity index is 453. The maximum atomic E-state index is 11.4. The maximum Gasteiger partial charge on any atom is 0.323 e. The van der Waals surface area contributed by atoms with Gasteiger partial charge in [0.15, 0.2) is 0 Å². The van der Waals surface area contributed by atoms with Crippen LogP contribution in [0.25, 0.3) is 0 Å². The van der Waals surface area contributed by atoms with E-state index < -0.39 is 11.5 Å². The number of hydrogen-bond donors (Lipinski definition) is 2. The van der Waals surface area contributed by atoms with Crippen LogP contribution in [-0.4, -0.2) is 26.4 Å². The molecule has 0 amide bonds. The molecule has 0 radical (unpaired) electrons. The molecule has 0 saturated heterocycles. The summed E-state index contributed by atoms with van der Waals surface area (Å²) in [6, 6.07) is 0. The predicted molar refractivity (Wildman–Crippen MR) is 75.4 cm³/mol. The van der Waals surface area contributed by atoms with E-state index in [0.29, 0.717) is 31.0 Å². The standard InChI is InChI=1S/C13H22ClN3O2/c1-5-13(6-2,12(18)19)15-8-10-11(14)9(4)16-17(10)7-3/h15H,5-8H2,1-4H3,(H,18,19). The van der Waals surface area contributed by atoms with E-state index in [0.717, 1.165) is 11.4 Å². The molecule has 0 aliphatic heterocycles. The molecule has 1 heterocycles. The van der Waals surface area contributed by atoms with Crippen molar-refractivity contribution in [1.82, 2.24) is 15.1 Å². The van der Waals surface area contributed by atoms with Crippen molar-refractivity contribution in [3.8, 4) is 0 Å². The normalized spacial score (nSPS) is 11.8. The molecule has 19 heavy (non-hydrogen) atoms. The molecule has 0 bridgehead atoms. The summed E-state index contributed by atoms with van der Waals surface area (Å²) in [6.45, 7) is 8.69. The van der Waals surface area contributed by atoms with Crippen molar-refractivity contribution in [2.45, 2.75) is 59.2 Å². The average molecular weight is 288 g/mol. The van der Waals surface area contributed by atoms with E-state index in [1.807, 2.05) is 32.4 Å². The van der Waals surface area contributed by atoms with Gasteiger partial charge in [0.25, 0.3) is 0 Å². The van der Waals surface area contributed by atoms with Gasteiger partial charge in [-0.25, -0.2) is 0 Å². The lowest BCUT2D eigenvalue weighted by atomic mass is 9.93. The van der Waals surface area contributed by atoms with E-state index in [-0.39, 0.29) is 0 Å². The van der Waals surface area contributed by atoms with Crippen LogP contribution in [0.1, 0.15) is 45.0 Å². The molecule has 2 N–H and O–H groups in total. The van der Waals surface area contributed by atoms with Crippen molar-refractivity contribution in [3.63, 3.8) is 0 Å². The summed E-state index contributed by atoms with van der Waals surface area (Å²) in [5.74, 6) is -0.826. The predicted octanol–water partition coefficient (Wildman–Crippen LogP) is 2.60. The second kappa shape index (κ2) is 6.39. The number of halogens is 1. The highest BCUT2D eigenvalue weighted by Gasteiger charge is 2.34. The lowest BCUT2D eigenvalue weighted by Crippen LogP contribution is -2.51. The van der Waals surface area contributed by atoms with Crippen LogP contribution in [0.15, 0.2) is 0 Å². The zero-order chi connectivity index (χ0) is 14.6. The molecule has 1 aromatic heterocycles. The molecular formula is C13H22ClN3O2. The van der Waals surface area contributed by atoms with Crippen LogP contribution in [0, 0.1) is 6.92 Å². The summed E-state index contributed by atoms with van der Waals surface area (Å²) >= 11 is 6.22. The van der Waals surface area contributed by atoms with E-state index in [9.17, 15) is 9.90 Å². The lowest BCUT2D eigenvalue weighted by molar-refractivity contribution is -0.145. The molecule has 0 saturated carbocycles. The third-order valence-corrected chi connectivity index (χ3v) is 4.16. The summed E-state index contributed by atoms with van der Waals surface area (Å²) in [4.78, 5) is 11.4. The Balaban J connectivity index is 2.94. The van der Waals surface area contributed by atoms with Crippen LogP contribution in [0.4, 0.5) is 0 Å². The van der Waals surface area contributed by atoms with Gasteiger partial charge in [0.1, 0.15) is 5.54 Å². The summed E-state index contributed by atoms with van der Waals surface area (Å²) in [5, 5.41) is 17.5. The van der Waals surface area contributed by atoms with Crippen LogP contribution < -0.4 is 5.32 Å². The molecule has 1 aromatic rings. The molecule has 6 heteroatoms. The number of nitrogens with zero attached hydrogens (tertiary/aromatic N) is 2. The number of hydrogen-bond acceptors (Lipinski definition) is 3. The Morgan fingerprint density at radius 2 is 2.00 bits per heavy atom. The van der Waals surface area contributed by atoms with Crippen molar-refractivity contribution in [1.29, 1.82) is 0 Å². The van der Waals surface area contributed by atoms with Crippen molar-refractivity contribution in [3.05, 3.63) is 16.4 Å². The smallest absolute Gasteiger partial charge is 0.323 e. The molecule has 0 unspecified atom stereocenters. The van der Waals surface area contributed by atoms with Crippen LogP contribution in [0.3, 0.4) is 0 Å². The minimum Gasteiger partial charge on any atom is -0.480 e. The minimum absolute atomic E-state index is 0.404. The van der Waals surface area contributed by atoms with Crippen molar-refractivity contribution in [2.24, 2.45) is 0 Å². The maximum absolute atomic E-state index is 11.4. The van der Waals surface area contributed by atoms with Gasteiger partial charge in [-0.05, 0) is 26.7 Å². The quantitative estimate of drug-likeness (QED) is 0.809. The van der Waals surface area contributed by atoms with Gasteiger partial charge in [-0.2, -0.15) is 5.10 Å². The van der Waals surface area contributed by atoms with Gasteiger partial charge in [0.05, 0.1) is 16.4 Å². The molecule has 0 aliphatic rings. The SMILES string of the molecule is CCn1nc(C)c(Cl)c1CNC(CC)(CC)C(=O)O. The van der Waals surface area contributed by atoms with Gasteiger partial charge < -0.3 is 5.11 Å². The molecule has 1 rings (SSSR count). The van der Waals surface area contributed by atoms with Gasteiger partial charge in [-0.3, -0.25) is 14.8 Å². The number of carbonyl (C=O) groups is 1. The second-order valence-electron chi connectivity index (χ2n) is 4.61. The molecule has 5 nitrogen and oxygen atoms in total. The molecular weight excluding hydrogens is 266 g/mol. The van der Waals surface area contributed by atoms with Gasteiger partial charge in [0.2, 0.25) is 0 Å². The fraction of sp³-hybridized carbons (Fsp3) is 0.692. The van der Waals surface area contributed by atoms with Crippen molar-refractivity contribution >= 4 is 17.6 Å². The topological polar surface area (TPSA) is 67.2 Å². The molecule has 0 aliphatic carbocycles. The number of aromatic nitrogens is 2. The lowest BCUT2D eigenvalue weighted by Gasteiger charge is -2.28. The number of carboxylic acid groups (broad SMARTS) is 1. The first-order valence-electron chi connectivity index (χ1n) is 6.62. The van der Waals surface area contributed by atoms with Crippen LogP contribution in [0.2, 0.25) is 5.02 Å².